The zero-order valence-corrected chi connectivity index (χ0v) is 11.1. The van der Waals surface area contributed by atoms with Crippen LogP contribution in [-0.2, 0) is 0 Å². The molecule has 4 nitrogen and oxygen atoms in total. The van der Waals surface area contributed by atoms with Crippen LogP contribution in [-0.4, -0.2) is 36.0 Å². The average molecular weight is 253 g/mol. The summed E-state index contributed by atoms with van der Waals surface area (Å²) in [6.45, 7) is 3.61. The van der Waals surface area contributed by atoms with E-state index in [1.54, 1.807) is 24.0 Å². The molecule has 0 radical (unpaired) electrons. The highest BCUT2D eigenvalue weighted by molar-refractivity contribution is 7.98. The van der Waals surface area contributed by atoms with Crippen molar-refractivity contribution in [2.24, 2.45) is 0 Å². The fraction of sp³-hybridized carbons (Fsp3) is 0.500. The van der Waals surface area contributed by atoms with Gasteiger partial charge in [-0.1, -0.05) is 6.92 Å². The molecule has 1 aromatic rings. The minimum atomic E-state index is -0.0602. The van der Waals surface area contributed by atoms with Crippen LogP contribution in [0.15, 0.2) is 18.3 Å². The number of hydrogen-bond donors (Lipinski definition) is 2. The SMILES string of the molecule is CCCNC(=O)c1ccc(NCCSC)nc1. The molecule has 0 spiro atoms. The van der Waals surface area contributed by atoms with Gasteiger partial charge in [0.1, 0.15) is 5.82 Å². The van der Waals surface area contributed by atoms with Crippen LogP contribution in [0.4, 0.5) is 5.82 Å². The summed E-state index contributed by atoms with van der Waals surface area (Å²) in [4.78, 5) is 15.8. The van der Waals surface area contributed by atoms with Crippen LogP contribution in [0.5, 0.6) is 0 Å². The van der Waals surface area contributed by atoms with Gasteiger partial charge in [0.15, 0.2) is 0 Å². The van der Waals surface area contributed by atoms with Crippen LogP contribution in [0.3, 0.4) is 0 Å². The molecule has 1 rings (SSSR count). The number of thioether (sulfide) groups is 1. The minimum Gasteiger partial charge on any atom is -0.369 e. The predicted octanol–water partition coefficient (Wildman–Crippen LogP) is 2.00. The van der Waals surface area contributed by atoms with E-state index < -0.39 is 0 Å². The van der Waals surface area contributed by atoms with Gasteiger partial charge in [-0.15, -0.1) is 0 Å². The van der Waals surface area contributed by atoms with E-state index >= 15 is 0 Å². The summed E-state index contributed by atoms with van der Waals surface area (Å²) >= 11 is 1.78. The molecule has 0 aromatic carbocycles. The number of anilines is 1. The molecule has 0 fully saturated rings. The minimum absolute atomic E-state index is 0.0602. The van der Waals surface area contributed by atoms with E-state index in [1.807, 2.05) is 13.0 Å². The average Bonchev–Trinajstić information content (AvgIpc) is 2.37. The molecule has 0 unspecified atom stereocenters. The maximum absolute atomic E-state index is 11.6. The van der Waals surface area contributed by atoms with Crippen LogP contribution in [0.25, 0.3) is 0 Å². The maximum atomic E-state index is 11.6. The number of pyridine rings is 1. The third-order valence-corrected chi connectivity index (χ3v) is 2.79. The van der Waals surface area contributed by atoms with Gasteiger partial charge in [0.25, 0.3) is 5.91 Å². The normalized spacial score (nSPS) is 10.0. The largest absolute Gasteiger partial charge is 0.369 e. The molecule has 1 amide bonds. The van der Waals surface area contributed by atoms with Crippen molar-refractivity contribution in [1.29, 1.82) is 0 Å². The highest BCUT2D eigenvalue weighted by Crippen LogP contribution is 2.05. The molecule has 0 aliphatic heterocycles. The Kier molecular flexibility index (Phi) is 6.47. The number of aromatic nitrogens is 1. The second kappa shape index (κ2) is 7.95. The van der Waals surface area contributed by atoms with Gasteiger partial charge in [-0.2, -0.15) is 11.8 Å². The molecular formula is C12H19N3OS. The van der Waals surface area contributed by atoms with E-state index in [1.165, 1.54) is 0 Å². The summed E-state index contributed by atoms with van der Waals surface area (Å²) < 4.78 is 0. The fourth-order valence-corrected chi connectivity index (χ4v) is 1.56. The lowest BCUT2D eigenvalue weighted by Gasteiger charge is -2.06. The van der Waals surface area contributed by atoms with Crippen LogP contribution < -0.4 is 10.6 Å². The number of carbonyl (C=O) groups excluding carboxylic acids is 1. The summed E-state index contributed by atoms with van der Waals surface area (Å²) in [5.41, 5.74) is 0.605. The van der Waals surface area contributed by atoms with Gasteiger partial charge in [0, 0.05) is 25.0 Å². The van der Waals surface area contributed by atoms with E-state index in [4.69, 9.17) is 0 Å². The lowest BCUT2D eigenvalue weighted by atomic mass is 10.2. The van der Waals surface area contributed by atoms with Crippen molar-refractivity contribution < 1.29 is 4.79 Å². The summed E-state index contributed by atoms with van der Waals surface area (Å²) in [6.07, 6.45) is 4.61. The van der Waals surface area contributed by atoms with Crippen LogP contribution >= 0.6 is 11.8 Å². The maximum Gasteiger partial charge on any atom is 0.252 e. The first-order chi connectivity index (χ1) is 8.27. The molecule has 2 N–H and O–H groups in total. The van der Waals surface area contributed by atoms with Crippen molar-refractivity contribution >= 4 is 23.5 Å². The van der Waals surface area contributed by atoms with Gasteiger partial charge in [-0.25, -0.2) is 4.98 Å². The van der Waals surface area contributed by atoms with Gasteiger partial charge < -0.3 is 10.6 Å². The summed E-state index contributed by atoms with van der Waals surface area (Å²) in [7, 11) is 0. The van der Waals surface area contributed by atoms with Crippen molar-refractivity contribution in [3.8, 4) is 0 Å². The Labute approximate surface area is 107 Å². The van der Waals surface area contributed by atoms with E-state index in [0.29, 0.717) is 12.1 Å². The molecule has 0 aliphatic rings. The van der Waals surface area contributed by atoms with Gasteiger partial charge in [0.2, 0.25) is 0 Å². The smallest absolute Gasteiger partial charge is 0.252 e. The third kappa shape index (κ3) is 5.08. The third-order valence-electron chi connectivity index (χ3n) is 2.17. The van der Waals surface area contributed by atoms with Gasteiger partial charge in [-0.05, 0) is 24.8 Å². The molecule has 17 heavy (non-hydrogen) atoms. The first-order valence-corrected chi connectivity index (χ1v) is 7.14. The number of amides is 1. The van der Waals surface area contributed by atoms with Crippen molar-refractivity contribution in [2.45, 2.75) is 13.3 Å². The van der Waals surface area contributed by atoms with Crippen molar-refractivity contribution in [3.05, 3.63) is 23.9 Å². The summed E-state index contributed by atoms with van der Waals surface area (Å²) in [5.74, 6) is 1.79. The molecule has 0 bridgehead atoms. The lowest BCUT2D eigenvalue weighted by molar-refractivity contribution is 0.0953. The second-order valence-electron chi connectivity index (χ2n) is 3.61. The van der Waals surface area contributed by atoms with Gasteiger partial charge in [-0.3, -0.25) is 4.79 Å². The highest BCUT2D eigenvalue weighted by Gasteiger charge is 2.04. The second-order valence-corrected chi connectivity index (χ2v) is 4.59. The zero-order chi connectivity index (χ0) is 12.5. The summed E-state index contributed by atoms with van der Waals surface area (Å²) in [5, 5.41) is 6.01. The Morgan fingerprint density at radius 2 is 2.24 bits per heavy atom. The topological polar surface area (TPSA) is 54.0 Å². The number of nitrogens with zero attached hydrogens (tertiary/aromatic N) is 1. The van der Waals surface area contributed by atoms with Crippen LogP contribution in [0.1, 0.15) is 23.7 Å². The first-order valence-electron chi connectivity index (χ1n) is 5.75. The van der Waals surface area contributed by atoms with E-state index in [-0.39, 0.29) is 5.91 Å². The number of rotatable bonds is 7. The molecular weight excluding hydrogens is 234 g/mol. The molecule has 0 saturated carbocycles. The fourth-order valence-electron chi connectivity index (χ4n) is 1.25. The zero-order valence-electron chi connectivity index (χ0n) is 10.3. The quantitative estimate of drug-likeness (QED) is 0.730. The van der Waals surface area contributed by atoms with E-state index in [2.05, 4.69) is 21.9 Å². The van der Waals surface area contributed by atoms with Crippen LogP contribution in [0, 0.1) is 0 Å². The molecule has 1 aromatic heterocycles. The standard InChI is InChI=1S/C12H19N3OS/c1-3-6-14-12(16)10-4-5-11(15-9-10)13-7-8-17-2/h4-5,9H,3,6-8H2,1-2H3,(H,13,15)(H,14,16). The molecule has 1 heterocycles. The monoisotopic (exact) mass is 253 g/mol. The summed E-state index contributed by atoms with van der Waals surface area (Å²) in [6, 6.07) is 3.63. The lowest BCUT2D eigenvalue weighted by Crippen LogP contribution is -2.24. The Morgan fingerprint density at radius 3 is 2.82 bits per heavy atom. The predicted molar refractivity (Wildman–Crippen MR) is 73.7 cm³/mol. The van der Waals surface area contributed by atoms with E-state index in [9.17, 15) is 4.79 Å². The Balaban J connectivity index is 2.46. The first kappa shape index (κ1) is 13.8. The number of nitrogens with one attached hydrogen (secondary N) is 2. The van der Waals surface area contributed by atoms with Gasteiger partial charge in [0.05, 0.1) is 5.56 Å². The van der Waals surface area contributed by atoms with E-state index in [0.717, 1.165) is 24.5 Å². The Morgan fingerprint density at radius 1 is 1.41 bits per heavy atom. The molecule has 94 valence electrons. The molecule has 0 saturated heterocycles. The Hall–Kier alpha value is -1.23. The highest BCUT2D eigenvalue weighted by atomic mass is 32.2. The molecule has 5 heteroatoms. The van der Waals surface area contributed by atoms with Crippen molar-refractivity contribution in [1.82, 2.24) is 10.3 Å². The number of carbonyl (C=O) groups is 1. The van der Waals surface area contributed by atoms with Crippen LogP contribution in [0.2, 0.25) is 0 Å². The van der Waals surface area contributed by atoms with Gasteiger partial charge >= 0.3 is 0 Å². The molecule has 0 aliphatic carbocycles. The van der Waals surface area contributed by atoms with Crippen molar-refractivity contribution in [3.63, 3.8) is 0 Å². The number of hydrogen-bond acceptors (Lipinski definition) is 4. The van der Waals surface area contributed by atoms with Crippen molar-refractivity contribution in [2.75, 3.05) is 30.4 Å². The molecule has 0 atom stereocenters. The Bertz CT molecular complexity index is 340.